The SMILES string of the molecule is N#CC(=C[O-])CNC=O.[Na+]. The normalized spacial score (nSPS) is 8.90. The van der Waals surface area contributed by atoms with E-state index in [-0.39, 0.29) is 41.7 Å². The van der Waals surface area contributed by atoms with Crippen molar-refractivity contribution in [2.45, 2.75) is 0 Å². The molecule has 0 aromatic heterocycles. The van der Waals surface area contributed by atoms with Crippen LogP contribution in [0.4, 0.5) is 0 Å². The van der Waals surface area contributed by atoms with Crippen molar-refractivity contribution >= 4 is 6.41 Å². The summed E-state index contributed by atoms with van der Waals surface area (Å²) in [6, 6.07) is 1.61. The number of hydrogen-bond donors (Lipinski definition) is 1. The molecule has 0 saturated carbocycles. The predicted molar refractivity (Wildman–Crippen MR) is 27.8 cm³/mol. The molecule has 0 fully saturated rings. The first kappa shape index (κ1) is 12.2. The minimum atomic E-state index is 0. The number of hydrogen-bond acceptors (Lipinski definition) is 3. The van der Waals surface area contributed by atoms with E-state index in [9.17, 15) is 9.90 Å². The van der Waals surface area contributed by atoms with Gasteiger partial charge < -0.3 is 10.4 Å². The summed E-state index contributed by atoms with van der Waals surface area (Å²) in [5.74, 6) is 0. The summed E-state index contributed by atoms with van der Waals surface area (Å²) in [4.78, 5) is 9.59. The maximum atomic E-state index is 9.83. The van der Waals surface area contributed by atoms with Gasteiger partial charge in [0.25, 0.3) is 0 Å². The van der Waals surface area contributed by atoms with Crippen molar-refractivity contribution in [2.75, 3.05) is 6.54 Å². The van der Waals surface area contributed by atoms with E-state index in [1.165, 1.54) is 0 Å². The Morgan fingerprint density at radius 3 is 2.70 bits per heavy atom. The molecule has 0 aromatic carbocycles. The standard InChI is InChI=1S/C5H6N2O2.Na/c6-1-5(3-8)2-7-4-9;/h3-4,8H,2H2,(H,7,9);/q;+1/p-1. The largest absolute Gasteiger partial charge is 1.00 e. The summed E-state index contributed by atoms with van der Waals surface area (Å²) in [7, 11) is 0. The maximum absolute atomic E-state index is 9.83. The van der Waals surface area contributed by atoms with Gasteiger partial charge in [0, 0.05) is 5.57 Å². The summed E-state index contributed by atoms with van der Waals surface area (Å²) in [5, 5.41) is 20.1. The summed E-state index contributed by atoms with van der Waals surface area (Å²) in [6.45, 7) is 0.0174. The zero-order valence-electron chi connectivity index (χ0n) is 5.63. The van der Waals surface area contributed by atoms with Crippen LogP contribution in [-0.2, 0) is 4.79 Å². The Labute approximate surface area is 80.8 Å². The van der Waals surface area contributed by atoms with E-state index in [2.05, 4.69) is 5.32 Å². The number of amides is 1. The van der Waals surface area contributed by atoms with Crippen molar-refractivity contribution in [1.82, 2.24) is 5.32 Å². The Bertz CT molecular complexity index is 162. The predicted octanol–water partition coefficient (Wildman–Crippen LogP) is -4.50. The maximum Gasteiger partial charge on any atom is 1.00 e. The summed E-state index contributed by atoms with van der Waals surface area (Å²) in [5.41, 5.74) is 0.0158. The van der Waals surface area contributed by atoms with Gasteiger partial charge in [-0.2, -0.15) is 5.26 Å². The average molecular weight is 148 g/mol. The second kappa shape index (κ2) is 8.50. The van der Waals surface area contributed by atoms with E-state index in [1.807, 2.05) is 0 Å². The topological polar surface area (TPSA) is 75.9 Å². The van der Waals surface area contributed by atoms with Crippen molar-refractivity contribution in [1.29, 1.82) is 5.26 Å². The summed E-state index contributed by atoms with van der Waals surface area (Å²) >= 11 is 0. The fourth-order valence-electron chi connectivity index (χ4n) is 0.259. The Morgan fingerprint density at radius 2 is 2.40 bits per heavy atom. The molecule has 0 aliphatic heterocycles. The zero-order chi connectivity index (χ0) is 7.11. The molecule has 4 nitrogen and oxygen atoms in total. The molecule has 0 radical (unpaired) electrons. The molecule has 0 unspecified atom stereocenters. The molecule has 1 N–H and O–H groups in total. The van der Waals surface area contributed by atoms with Crippen molar-refractivity contribution in [2.24, 2.45) is 0 Å². The van der Waals surface area contributed by atoms with Gasteiger partial charge in [0.1, 0.15) is 0 Å². The first-order valence-corrected chi connectivity index (χ1v) is 2.23. The molecule has 5 heteroatoms. The van der Waals surface area contributed by atoms with Crippen LogP contribution in [0.2, 0.25) is 0 Å². The van der Waals surface area contributed by atoms with Crippen LogP contribution in [0.1, 0.15) is 0 Å². The zero-order valence-corrected chi connectivity index (χ0v) is 7.63. The van der Waals surface area contributed by atoms with E-state index >= 15 is 0 Å². The Hall–Kier alpha value is -0.500. The van der Waals surface area contributed by atoms with Crippen molar-refractivity contribution < 1.29 is 39.5 Å². The third-order valence-corrected chi connectivity index (χ3v) is 0.662. The van der Waals surface area contributed by atoms with Crippen LogP contribution in [0.25, 0.3) is 0 Å². The monoisotopic (exact) mass is 148 g/mol. The minimum absolute atomic E-state index is 0. The molecular weight excluding hydrogens is 143 g/mol. The van der Waals surface area contributed by atoms with Crippen LogP contribution in [0.5, 0.6) is 0 Å². The number of nitrogens with zero attached hydrogens (tertiary/aromatic N) is 1. The summed E-state index contributed by atoms with van der Waals surface area (Å²) in [6.07, 6.45) is 0.845. The summed E-state index contributed by atoms with van der Waals surface area (Å²) < 4.78 is 0. The quantitative estimate of drug-likeness (QED) is 0.190. The molecule has 1 amide bonds. The molecular formula is C5H5N2NaO2. The smallest absolute Gasteiger partial charge is 0.877 e. The van der Waals surface area contributed by atoms with Crippen molar-refractivity contribution in [3.8, 4) is 6.07 Å². The molecule has 0 aromatic rings. The fourth-order valence-corrected chi connectivity index (χ4v) is 0.259. The number of carbonyl (C=O) groups is 1. The molecule has 0 rings (SSSR count). The van der Waals surface area contributed by atoms with Crippen molar-refractivity contribution in [3.05, 3.63) is 11.8 Å². The molecule has 0 atom stereocenters. The van der Waals surface area contributed by atoms with Crippen LogP contribution in [0.3, 0.4) is 0 Å². The van der Waals surface area contributed by atoms with E-state index in [1.54, 1.807) is 6.07 Å². The van der Waals surface area contributed by atoms with E-state index in [0.29, 0.717) is 12.7 Å². The van der Waals surface area contributed by atoms with E-state index in [4.69, 9.17) is 5.26 Å². The number of nitrogens with one attached hydrogen (secondary N) is 1. The van der Waals surface area contributed by atoms with Gasteiger partial charge in [-0.05, 0) is 0 Å². The first-order chi connectivity index (χ1) is 4.35. The van der Waals surface area contributed by atoms with Gasteiger partial charge in [-0.1, -0.05) is 0 Å². The molecule has 0 spiro atoms. The van der Waals surface area contributed by atoms with E-state index in [0.717, 1.165) is 0 Å². The van der Waals surface area contributed by atoms with Crippen LogP contribution in [0, 0.1) is 11.3 Å². The minimum Gasteiger partial charge on any atom is -0.877 e. The number of carbonyl (C=O) groups excluding carboxylic acids is 1. The van der Waals surface area contributed by atoms with Gasteiger partial charge in [0.15, 0.2) is 0 Å². The first-order valence-electron chi connectivity index (χ1n) is 2.23. The molecule has 0 saturated heterocycles. The van der Waals surface area contributed by atoms with Crippen molar-refractivity contribution in [3.63, 3.8) is 0 Å². The Kier molecular flexibility index (Phi) is 10.4. The molecule has 0 aliphatic carbocycles. The third kappa shape index (κ3) is 5.63. The van der Waals surface area contributed by atoms with Crippen LogP contribution in [-0.4, -0.2) is 13.0 Å². The van der Waals surface area contributed by atoms with Gasteiger partial charge in [0.2, 0.25) is 6.41 Å². The van der Waals surface area contributed by atoms with E-state index < -0.39 is 0 Å². The Morgan fingerprint density at radius 1 is 1.80 bits per heavy atom. The number of rotatable bonds is 3. The molecule has 10 heavy (non-hydrogen) atoms. The molecule has 0 bridgehead atoms. The van der Waals surface area contributed by atoms with Gasteiger partial charge in [-0.3, -0.25) is 4.79 Å². The Balaban J connectivity index is 0. The second-order valence-corrected chi connectivity index (χ2v) is 1.25. The third-order valence-electron chi connectivity index (χ3n) is 0.662. The van der Waals surface area contributed by atoms with Gasteiger partial charge in [-0.25, -0.2) is 0 Å². The fraction of sp³-hybridized carbons (Fsp3) is 0.200. The van der Waals surface area contributed by atoms with Crippen LogP contribution >= 0.6 is 0 Å². The number of nitriles is 1. The molecule has 0 heterocycles. The van der Waals surface area contributed by atoms with Gasteiger partial charge in [0.05, 0.1) is 12.6 Å². The van der Waals surface area contributed by atoms with Gasteiger partial charge in [-0.15, -0.1) is 6.26 Å². The van der Waals surface area contributed by atoms with Crippen LogP contribution in [0.15, 0.2) is 11.8 Å². The second-order valence-electron chi connectivity index (χ2n) is 1.25. The molecule has 0 aliphatic rings. The van der Waals surface area contributed by atoms with Gasteiger partial charge >= 0.3 is 29.6 Å². The van der Waals surface area contributed by atoms with Crippen LogP contribution < -0.4 is 40.0 Å². The average Bonchev–Trinajstić information content (AvgIpc) is 1.91. The molecule has 48 valence electrons.